The number of nitrogen functional groups attached to an aromatic ring is 1. The highest BCUT2D eigenvalue weighted by Gasteiger charge is 2.14. The molecular weight excluding hydrogens is 240 g/mol. The fourth-order valence-electron chi connectivity index (χ4n) is 1.37. The molecule has 0 aliphatic rings. The Morgan fingerprint density at radius 1 is 1.47 bits per heavy atom. The van der Waals surface area contributed by atoms with Crippen LogP contribution in [0.4, 0.5) is 5.69 Å². The molecule has 0 fully saturated rings. The van der Waals surface area contributed by atoms with Crippen LogP contribution in [0, 0.1) is 0 Å². The van der Waals surface area contributed by atoms with E-state index < -0.39 is 5.97 Å². The summed E-state index contributed by atoms with van der Waals surface area (Å²) in [6, 6.07) is 4.94. The van der Waals surface area contributed by atoms with Gasteiger partial charge in [-0.15, -0.1) is 0 Å². The molecule has 0 aliphatic heterocycles. The first-order valence-electron chi connectivity index (χ1n) is 5.38. The van der Waals surface area contributed by atoms with E-state index in [0.29, 0.717) is 17.3 Å². The minimum absolute atomic E-state index is 0.249. The molecule has 1 aromatic carbocycles. The fraction of sp³-hybridized carbons (Fsp3) is 0.417. The van der Waals surface area contributed by atoms with Gasteiger partial charge in [0.25, 0.3) is 0 Å². The van der Waals surface area contributed by atoms with Crippen LogP contribution < -0.4 is 5.73 Å². The third kappa shape index (κ3) is 4.24. The van der Waals surface area contributed by atoms with Crippen molar-refractivity contribution in [2.24, 2.45) is 0 Å². The van der Waals surface area contributed by atoms with Gasteiger partial charge in [-0.2, -0.15) is 0 Å². The molecule has 0 spiro atoms. The Kier molecular flexibility index (Phi) is 5.25. The maximum absolute atomic E-state index is 11.7. The van der Waals surface area contributed by atoms with Crippen LogP contribution in [0.3, 0.4) is 0 Å². The van der Waals surface area contributed by atoms with Crippen molar-refractivity contribution in [3.63, 3.8) is 0 Å². The first-order valence-corrected chi connectivity index (χ1v) is 5.76. The Balaban J connectivity index is 2.53. The van der Waals surface area contributed by atoms with Gasteiger partial charge in [0.05, 0.1) is 11.6 Å². The topological polar surface area (TPSA) is 55.6 Å². The zero-order valence-electron chi connectivity index (χ0n) is 10.1. The summed E-state index contributed by atoms with van der Waals surface area (Å²) in [6.45, 7) is 1.23. The van der Waals surface area contributed by atoms with E-state index in [1.165, 1.54) is 0 Å². The van der Waals surface area contributed by atoms with Gasteiger partial charge in [0.2, 0.25) is 0 Å². The monoisotopic (exact) mass is 256 g/mol. The third-order valence-corrected chi connectivity index (χ3v) is 2.55. The highest BCUT2D eigenvalue weighted by Crippen LogP contribution is 2.22. The van der Waals surface area contributed by atoms with Crippen LogP contribution in [-0.4, -0.2) is 38.1 Å². The number of hydrogen-bond donors (Lipinski definition) is 1. The molecule has 5 heteroatoms. The first kappa shape index (κ1) is 13.8. The summed E-state index contributed by atoms with van der Waals surface area (Å²) >= 11 is 5.90. The van der Waals surface area contributed by atoms with Crippen LogP contribution in [0.15, 0.2) is 18.2 Å². The molecule has 1 aromatic rings. The predicted octanol–water partition coefficient (Wildman–Crippen LogP) is 2.03. The Bertz CT molecular complexity index is 374. The number of halogens is 1. The smallest absolute Gasteiger partial charge is 0.341 e. The summed E-state index contributed by atoms with van der Waals surface area (Å²) < 4.78 is 5.11. The van der Waals surface area contributed by atoms with Crippen molar-refractivity contribution >= 4 is 23.3 Å². The molecule has 0 aromatic heterocycles. The van der Waals surface area contributed by atoms with Gasteiger partial charge in [-0.05, 0) is 32.6 Å². The van der Waals surface area contributed by atoms with Crippen molar-refractivity contribution in [1.29, 1.82) is 0 Å². The first-order chi connectivity index (χ1) is 8.02. The van der Waals surface area contributed by atoms with E-state index in [-0.39, 0.29) is 5.56 Å². The average Bonchev–Trinajstić information content (AvgIpc) is 2.24. The standard InChI is InChI=1S/C12H17ClN2O2/c1-15(2)7-4-8-17-12(16)11-9(13)5-3-6-10(11)14/h3,5-6H,4,7-8,14H2,1-2H3. The fourth-order valence-corrected chi connectivity index (χ4v) is 1.63. The number of nitrogens with two attached hydrogens (primary N) is 1. The molecule has 0 heterocycles. The van der Waals surface area contributed by atoms with E-state index in [0.717, 1.165) is 13.0 Å². The molecule has 94 valence electrons. The van der Waals surface area contributed by atoms with Gasteiger partial charge in [0.1, 0.15) is 5.56 Å². The molecule has 0 radical (unpaired) electrons. The minimum atomic E-state index is -0.466. The van der Waals surface area contributed by atoms with Crippen LogP contribution in [0.1, 0.15) is 16.8 Å². The zero-order chi connectivity index (χ0) is 12.8. The summed E-state index contributed by atoms with van der Waals surface area (Å²) in [5, 5.41) is 0.322. The number of ether oxygens (including phenoxy) is 1. The molecule has 0 amide bonds. The zero-order valence-corrected chi connectivity index (χ0v) is 10.8. The van der Waals surface area contributed by atoms with Gasteiger partial charge in [-0.1, -0.05) is 17.7 Å². The summed E-state index contributed by atoms with van der Waals surface area (Å²) in [6.07, 6.45) is 0.781. The second kappa shape index (κ2) is 6.47. The van der Waals surface area contributed by atoms with E-state index in [2.05, 4.69) is 0 Å². The number of nitrogens with zero attached hydrogens (tertiary/aromatic N) is 1. The number of esters is 1. The van der Waals surface area contributed by atoms with Crippen LogP contribution in [0.2, 0.25) is 5.02 Å². The summed E-state index contributed by atoms with van der Waals surface area (Å²) in [5.74, 6) is -0.466. The van der Waals surface area contributed by atoms with Crippen LogP contribution in [0.25, 0.3) is 0 Å². The Morgan fingerprint density at radius 2 is 2.18 bits per heavy atom. The van der Waals surface area contributed by atoms with E-state index in [9.17, 15) is 4.79 Å². The van der Waals surface area contributed by atoms with E-state index in [4.69, 9.17) is 22.1 Å². The van der Waals surface area contributed by atoms with Crippen molar-refractivity contribution in [3.8, 4) is 0 Å². The number of anilines is 1. The lowest BCUT2D eigenvalue weighted by atomic mass is 10.2. The van der Waals surface area contributed by atoms with Crippen LogP contribution in [-0.2, 0) is 4.74 Å². The van der Waals surface area contributed by atoms with Gasteiger partial charge in [-0.25, -0.2) is 4.79 Å². The highest BCUT2D eigenvalue weighted by molar-refractivity contribution is 6.34. The Labute approximate surface area is 106 Å². The van der Waals surface area contributed by atoms with Gasteiger partial charge in [0, 0.05) is 12.2 Å². The van der Waals surface area contributed by atoms with Gasteiger partial charge >= 0.3 is 5.97 Å². The molecule has 0 atom stereocenters. The van der Waals surface area contributed by atoms with Crippen LogP contribution in [0.5, 0.6) is 0 Å². The number of rotatable bonds is 5. The largest absolute Gasteiger partial charge is 0.462 e. The van der Waals surface area contributed by atoms with Crippen molar-refractivity contribution < 1.29 is 9.53 Å². The summed E-state index contributed by atoms with van der Waals surface area (Å²) in [7, 11) is 3.93. The lowest BCUT2D eigenvalue weighted by molar-refractivity contribution is 0.0494. The Morgan fingerprint density at radius 3 is 2.76 bits per heavy atom. The number of benzene rings is 1. The molecule has 2 N–H and O–H groups in total. The SMILES string of the molecule is CN(C)CCCOC(=O)c1c(N)cccc1Cl. The van der Waals surface area contributed by atoms with Gasteiger partial charge in [-0.3, -0.25) is 0 Å². The molecule has 0 saturated heterocycles. The summed E-state index contributed by atoms with van der Waals surface area (Å²) in [4.78, 5) is 13.8. The molecule has 0 aliphatic carbocycles. The molecule has 0 bridgehead atoms. The molecule has 17 heavy (non-hydrogen) atoms. The minimum Gasteiger partial charge on any atom is -0.462 e. The van der Waals surface area contributed by atoms with Crippen molar-refractivity contribution in [1.82, 2.24) is 4.90 Å². The number of hydrogen-bond acceptors (Lipinski definition) is 4. The maximum Gasteiger partial charge on any atom is 0.341 e. The molecule has 0 saturated carbocycles. The van der Waals surface area contributed by atoms with Gasteiger partial charge < -0.3 is 15.4 Å². The Hall–Kier alpha value is -1.26. The van der Waals surface area contributed by atoms with Gasteiger partial charge in [0.15, 0.2) is 0 Å². The quantitative estimate of drug-likeness (QED) is 0.498. The molecule has 4 nitrogen and oxygen atoms in total. The molecule has 1 rings (SSSR count). The highest BCUT2D eigenvalue weighted by atomic mass is 35.5. The molecular formula is C12H17ClN2O2. The van der Waals surface area contributed by atoms with E-state index in [1.54, 1.807) is 18.2 Å². The van der Waals surface area contributed by atoms with Crippen molar-refractivity contribution in [2.45, 2.75) is 6.42 Å². The number of carbonyl (C=O) groups is 1. The second-order valence-electron chi connectivity index (χ2n) is 4.00. The number of carbonyl (C=O) groups excluding carboxylic acids is 1. The lowest BCUT2D eigenvalue weighted by Crippen LogP contribution is -2.16. The van der Waals surface area contributed by atoms with Crippen LogP contribution >= 0.6 is 11.6 Å². The predicted molar refractivity (Wildman–Crippen MR) is 69.3 cm³/mol. The lowest BCUT2D eigenvalue weighted by Gasteiger charge is -2.11. The normalized spacial score (nSPS) is 10.6. The van der Waals surface area contributed by atoms with E-state index >= 15 is 0 Å². The second-order valence-corrected chi connectivity index (χ2v) is 4.40. The summed E-state index contributed by atoms with van der Waals surface area (Å²) in [5.41, 5.74) is 6.27. The maximum atomic E-state index is 11.7. The average molecular weight is 257 g/mol. The van der Waals surface area contributed by atoms with Crippen molar-refractivity contribution in [2.75, 3.05) is 33.0 Å². The van der Waals surface area contributed by atoms with Crippen molar-refractivity contribution in [3.05, 3.63) is 28.8 Å². The molecule has 0 unspecified atom stereocenters. The third-order valence-electron chi connectivity index (χ3n) is 2.23. The van der Waals surface area contributed by atoms with E-state index in [1.807, 2.05) is 19.0 Å².